The van der Waals surface area contributed by atoms with Crippen molar-refractivity contribution < 1.29 is 23.2 Å². The van der Waals surface area contributed by atoms with Crippen molar-refractivity contribution in [1.82, 2.24) is 5.06 Å². The highest BCUT2D eigenvalue weighted by Gasteiger charge is 2.43. The minimum atomic E-state index is -3.91. The molecule has 24 heavy (non-hydrogen) atoms. The molecule has 1 N–H and O–H groups in total. The second-order valence-corrected chi connectivity index (χ2v) is 9.16. The van der Waals surface area contributed by atoms with Crippen molar-refractivity contribution in [3.63, 3.8) is 0 Å². The molecule has 6 nitrogen and oxygen atoms in total. The second kappa shape index (κ2) is 7.11. The van der Waals surface area contributed by atoms with Gasteiger partial charge in [0.1, 0.15) is 5.60 Å². The van der Waals surface area contributed by atoms with Gasteiger partial charge in [-0.1, -0.05) is 31.0 Å². The summed E-state index contributed by atoms with van der Waals surface area (Å²) < 4.78 is 31.2. The van der Waals surface area contributed by atoms with Gasteiger partial charge in [-0.05, 0) is 51.7 Å². The quantitative estimate of drug-likeness (QED) is 0.659. The van der Waals surface area contributed by atoms with Crippen LogP contribution in [0.4, 0.5) is 4.79 Å². The number of nitrogens with zero attached hydrogens (tertiary/aromatic N) is 1. The Hall–Kier alpha value is -1.60. The Morgan fingerprint density at radius 1 is 1.21 bits per heavy atom. The van der Waals surface area contributed by atoms with Gasteiger partial charge in [-0.2, -0.15) is 5.06 Å². The van der Waals surface area contributed by atoms with Crippen LogP contribution in [0, 0.1) is 5.92 Å². The summed E-state index contributed by atoms with van der Waals surface area (Å²) in [7, 11) is -3.91. The van der Waals surface area contributed by atoms with Crippen molar-refractivity contribution in [2.24, 2.45) is 5.92 Å². The molecule has 0 spiro atoms. The SMILES string of the molecule is CC(C)(C)OC(=O)N(O)C(C1CCCC1)S(=O)(=O)c1ccccc1. The number of hydrogen-bond donors (Lipinski definition) is 1. The van der Waals surface area contributed by atoms with Crippen molar-refractivity contribution in [2.45, 2.75) is 62.3 Å². The molecule has 1 unspecified atom stereocenters. The number of amides is 1. The van der Waals surface area contributed by atoms with Gasteiger partial charge in [0.15, 0.2) is 5.37 Å². The average molecular weight is 355 g/mol. The van der Waals surface area contributed by atoms with Gasteiger partial charge >= 0.3 is 6.09 Å². The highest BCUT2D eigenvalue weighted by molar-refractivity contribution is 7.92. The predicted molar refractivity (Wildman–Crippen MR) is 89.2 cm³/mol. The molecular weight excluding hydrogens is 330 g/mol. The number of hydrogen-bond acceptors (Lipinski definition) is 5. The van der Waals surface area contributed by atoms with Crippen LogP contribution < -0.4 is 0 Å². The highest BCUT2D eigenvalue weighted by Crippen LogP contribution is 2.35. The number of hydroxylamine groups is 2. The molecular formula is C17H25NO5S. The fraction of sp³-hybridized carbons (Fsp3) is 0.588. The first-order chi connectivity index (χ1) is 11.1. The largest absolute Gasteiger partial charge is 0.442 e. The molecule has 7 heteroatoms. The van der Waals surface area contributed by atoms with E-state index in [2.05, 4.69) is 0 Å². The molecule has 2 rings (SSSR count). The van der Waals surface area contributed by atoms with Gasteiger partial charge in [0.05, 0.1) is 4.90 Å². The maximum atomic E-state index is 13.0. The molecule has 1 saturated carbocycles. The van der Waals surface area contributed by atoms with E-state index < -0.39 is 26.9 Å². The molecule has 1 aliphatic carbocycles. The smallest absolute Gasteiger partial charge is 0.435 e. The Kier molecular flexibility index (Phi) is 5.55. The lowest BCUT2D eigenvalue weighted by molar-refractivity contribution is -0.112. The van der Waals surface area contributed by atoms with E-state index in [0.717, 1.165) is 12.8 Å². The Morgan fingerprint density at radius 2 is 1.75 bits per heavy atom. The first-order valence-corrected chi connectivity index (χ1v) is 9.67. The fourth-order valence-electron chi connectivity index (χ4n) is 2.99. The van der Waals surface area contributed by atoms with Crippen molar-refractivity contribution >= 4 is 15.9 Å². The topological polar surface area (TPSA) is 83.9 Å². The van der Waals surface area contributed by atoms with Crippen LogP contribution in [-0.4, -0.2) is 35.8 Å². The standard InChI is InChI=1S/C17H25NO5S/c1-17(2,3)23-16(19)18(20)15(13-9-7-8-10-13)24(21,22)14-11-5-4-6-12-14/h4-6,11-13,15,20H,7-10H2,1-3H3. The van der Waals surface area contributed by atoms with Crippen molar-refractivity contribution in [2.75, 3.05) is 0 Å². The van der Waals surface area contributed by atoms with E-state index in [9.17, 15) is 18.4 Å². The lowest BCUT2D eigenvalue weighted by Gasteiger charge is -2.31. The zero-order valence-electron chi connectivity index (χ0n) is 14.3. The van der Waals surface area contributed by atoms with Gasteiger partial charge in [-0.15, -0.1) is 0 Å². The molecule has 0 aromatic heterocycles. The zero-order chi connectivity index (χ0) is 18.0. The van der Waals surface area contributed by atoms with Gasteiger partial charge in [0.25, 0.3) is 0 Å². The van der Waals surface area contributed by atoms with Gasteiger partial charge < -0.3 is 4.74 Å². The summed E-state index contributed by atoms with van der Waals surface area (Å²) in [5.41, 5.74) is -0.825. The third kappa shape index (κ3) is 4.27. The Morgan fingerprint density at radius 3 is 2.25 bits per heavy atom. The first-order valence-electron chi connectivity index (χ1n) is 8.13. The second-order valence-electron chi connectivity index (χ2n) is 7.12. The number of rotatable bonds is 4. The summed E-state index contributed by atoms with van der Waals surface area (Å²) in [6.45, 7) is 4.99. The van der Waals surface area contributed by atoms with Crippen molar-refractivity contribution in [3.05, 3.63) is 30.3 Å². The van der Waals surface area contributed by atoms with Gasteiger partial charge in [0, 0.05) is 0 Å². The van der Waals surface area contributed by atoms with Crippen LogP contribution in [0.15, 0.2) is 35.2 Å². The monoisotopic (exact) mass is 355 g/mol. The van der Waals surface area contributed by atoms with E-state index in [-0.39, 0.29) is 15.9 Å². The Labute approximate surface area is 143 Å². The maximum Gasteiger partial charge on any atom is 0.435 e. The summed E-state index contributed by atoms with van der Waals surface area (Å²) in [6, 6.07) is 7.90. The van der Waals surface area contributed by atoms with Crippen LogP contribution in [-0.2, 0) is 14.6 Å². The van der Waals surface area contributed by atoms with Crippen LogP contribution in [0.25, 0.3) is 0 Å². The molecule has 1 fully saturated rings. The van der Waals surface area contributed by atoms with E-state index in [4.69, 9.17) is 4.74 Å². The summed E-state index contributed by atoms with van der Waals surface area (Å²) in [5.74, 6) is -0.312. The summed E-state index contributed by atoms with van der Waals surface area (Å²) in [4.78, 5) is 12.3. The molecule has 0 saturated heterocycles. The molecule has 0 heterocycles. The van der Waals surface area contributed by atoms with E-state index >= 15 is 0 Å². The predicted octanol–water partition coefficient (Wildman–Crippen LogP) is 3.60. The molecule has 1 aliphatic rings. The molecule has 1 atom stereocenters. The fourth-order valence-corrected chi connectivity index (χ4v) is 4.93. The number of ether oxygens (including phenoxy) is 1. The molecule has 1 aromatic rings. The van der Waals surface area contributed by atoms with Gasteiger partial charge in [-0.3, -0.25) is 5.21 Å². The third-order valence-corrected chi connectivity index (χ3v) is 6.16. The summed E-state index contributed by atoms with van der Waals surface area (Å²) in [6.07, 6.45) is 2.02. The van der Waals surface area contributed by atoms with Crippen LogP contribution in [0.2, 0.25) is 0 Å². The maximum absolute atomic E-state index is 13.0. The van der Waals surface area contributed by atoms with Gasteiger partial charge in [0.2, 0.25) is 9.84 Å². The van der Waals surface area contributed by atoms with Gasteiger partial charge in [-0.25, -0.2) is 13.2 Å². The number of carbonyl (C=O) groups excluding carboxylic acids is 1. The normalized spacial score (nSPS) is 17.5. The van der Waals surface area contributed by atoms with Crippen LogP contribution in [0.1, 0.15) is 46.5 Å². The Bertz CT molecular complexity index is 660. The van der Waals surface area contributed by atoms with E-state index in [1.807, 2.05) is 0 Å². The van der Waals surface area contributed by atoms with E-state index in [0.29, 0.717) is 12.8 Å². The molecule has 134 valence electrons. The molecule has 1 aromatic carbocycles. The number of carbonyl (C=O) groups is 1. The minimum Gasteiger partial charge on any atom is -0.442 e. The zero-order valence-corrected chi connectivity index (χ0v) is 15.1. The van der Waals surface area contributed by atoms with Crippen LogP contribution in [0.5, 0.6) is 0 Å². The molecule has 1 amide bonds. The third-order valence-electron chi connectivity index (χ3n) is 4.01. The number of benzene rings is 1. The van der Waals surface area contributed by atoms with Crippen LogP contribution in [0.3, 0.4) is 0 Å². The minimum absolute atomic E-state index is 0.0875. The first kappa shape index (κ1) is 18.7. The van der Waals surface area contributed by atoms with Crippen molar-refractivity contribution in [1.29, 1.82) is 0 Å². The summed E-state index contributed by atoms with van der Waals surface area (Å²) in [5, 5.41) is 9.31. The molecule has 0 radical (unpaired) electrons. The lowest BCUT2D eigenvalue weighted by atomic mass is 10.1. The summed E-state index contributed by atoms with van der Waals surface area (Å²) >= 11 is 0. The number of sulfone groups is 1. The lowest BCUT2D eigenvalue weighted by Crippen LogP contribution is -2.48. The van der Waals surface area contributed by atoms with Crippen LogP contribution >= 0.6 is 0 Å². The highest BCUT2D eigenvalue weighted by atomic mass is 32.2. The van der Waals surface area contributed by atoms with E-state index in [1.165, 1.54) is 12.1 Å². The van der Waals surface area contributed by atoms with E-state index in [1.54, 1.807) is 39.0 Å². The molecule has 0 bridgehead atoms. The Balaban J connectivity index is 2.36. The molecule has 0 aliphatic heterocycles. The van der Waals surface area contributed by atoms with Crippen molar-refractivity contribution in [3.8, 4) is 0 Å². The average Bonchev–Trinajstić information content (AvgIpc) is 3.00.